The zero-order valence-electron chi connectivity index (χ0n) is 20.1. The SMILES string of the molecule is CC(C)CC(N)C(=O)NC(Cc1ccc(OCc2ccccc2)cc1)C(=O)Nc1cccc(O)c1. The highest BCUT2D eigenvalue weighted by atomic mass is 16.5. The summed E-state index contributed by atoms with van der Waals surface area (Å²) < 4.78 is 5.83. The van der Waals surface area contributed by atoms with Gasteiger partial charge >= 0.3 is 0 Å². The van der Waals surface area contributed by atoms with Crippen molar-refractivity contribution in [2.24, 2.45) is 11.7 Å². The van der Waals surface area contributed by atoms with Crippen molar-refractivity contribution in [3.05, 3.63) is 90.0 Å². The molecule has 0 saturated carbocycles. The molecule has 184 valence electrons. The van der Waals surface area contributed by atoms with Gasteiger partial charge in [-0.15, -0.1) is 0 Å². The number of benzene rings is 3. The summed E-state index contributed by atoms with van der Waals surface area (Å²) in [7, 11) is 0. The van der Waals surface area contributed by atoms with Crippen molar-refractivity contribution < 1.29 is 19.4 Å². The van der Waals surface area contributed by atoms with Crippen molar-refractivity contribution in [3.8, 4) is 11.5 Å². The minimum Gasteiger partial charge on any atom is -0.508 e. The average molecular weight is 476 g/mol. The standard InChI is InChI=1S/C28H33N3O4/c1-19(2)15-25(29)27(33)31-26(28(34)30-22-9-6-10-23(32)17-22)16-20-11-13-24(14-12-20)35-18-21-7-4-3-5-8-21/h3-14,17,19,25-26,32H,15-16,18,29H2,1-2H3,(H,30,34)(H,31,33). The van der Waals surface area contributed by atoms with Crippen LogP contribution >= 0.6 is 0 Å². The van der Waals surface area contributed by atoms with E-state index in [2.05, 4.69) is 10.6 Å². The van der Waals surface area contributed by atoms with Crippen LogP contribution < -0.4 is 21.1 Å². The molecule has 35 heavy (non-hydrogen) atoms. The first-order valence-electron chi connectivity index (χ1n) is 11.7. The molecule has 2 unspecified atom stereocenters. The Kier molecular flexibility index (Phi) is 9.26. The minimum atomic E-state index is -0.848. The smallest absolute Gasteiger partial charge is 0.247 e. The second-order valence-corrected chi connectivity index (χ2v) is 8.96. The van der Waals surface area contributed by atoms with Gasteiger partial charge < -0.3 is 26.2 Å². The first-order valence-corrected chi connectivity index (χ1v) is 11.7. The summed E-state index contributed by atoms with van der Waals surface area (Å²) in [5.41, 5.74) is 8.40. The molecule has 3 aromatic rings. The number of hydrogen-bond acceptors (Lipinski definition) is 5. The van der Waals surface area contributed by atoms with Gasteiger partial charge in [0.25, 0.3) is 0 Å². The largest absolute Gasteiger partial charge is 0.508 e. The van der Waals surface area contributed by atoms with Crippen LogP contribution in [-0.4, -0.2) is 29.0 Å². The van der Waals surface area contributed by atoms with Gasteiger partial charge in [-0.25, -0.2) is 0 Å². The first-order chi connectivity index (χ1) is 16.8. The molecule has 0 radical (unpaired) electrons. The average Bonchev–Trinajstić information content (AvgIpc) is 2.83. The van der Waals surface area contributed by atoms with Crippen molar-refractivity contribution in [1.29, 1.82) is 0 Å². The summed E-state index contributed by atoms with van der Waals surface area (Å²) in [4.78, 5) is 25.7. The van der Waals surface area contributed by atoms with Crippen molar-refractivity contribution >= 4 is 17.5 Å². The topological polar surface area (TPSA) is 114 Å². The van der Waals surface area contributed by atoms with Crippen molar-refractivity contribution in [2.45, 2.75) is 45.4 Å². The van der Waals surface area contributed by atoms with Crippen molar-refractivity contribution in [2.75, 3.05) is 5.32 Å². The minimum absolute atomic E-state index is 0.0356. The summed E-state index contributed by atoms with van der Waals surface area (Å²) in [6, 6.07) is 22.0. The molecule has 0 aliphatic rings. The van der Waals surface area contributed by atoms with Crippen molar-refractivity contribution in [1.82, 2.24) is 5.32 Å². The van der Waals surface area contributed by atoms with E-state index >= 15 is 0 Å². The van der Waals surface area contributed by atoms with Gasteiger partial charge in [0.15, 0.2) is 0 Å². The van der Waals surface area contributed by atoms with Crippen LogP contribution in [-0.2, 0) is 22.6 Å². The Morgan fingerprint density at radius 1 is 0.914 bits per heavy atom. The lowest BCUT2D eigenvalue weighted by atomic mass is 10.0. The van der Waals surface area contributed by atoms with Crippen LogP contribution in [0.4, 0.5) is 5.69 Å². The fourth-order valence-electron chi connectivity index (χ4n) is 3.61. The molecule has 0 aliphatic heterocycles. The van der Waals surface area contributed by atoms with Crippen LogP contribution in [0.5, 0.6) is 11.5 Å². The predicted molar refractivity (Wildman–Crippen MR) is 137 cm³/mol. The molecule has 2 atom stereocenters. The third-order valence-corrected chi connectivity index (χ3v) is 5.42. The molecule has 0 bridgehead atoms. The second kappa shape index (κ2) is 12.6. The van der Waals surface area contributed by atoms with Gasteiger partial charge in [-0.1, -0.05) is 62.4 Å². The Bertz CT molecular complexity index is 1100. The van der Waals surface area contributed by atoms with E-state index in [-0.39, 0.29) is 24.0 Å². The highest BCUT2D eigenvalue weighted by Gasteiger charge is 2.25. The van der Waals surface area contributed by atoms with Crippen LogP contribution in [0.3, 0.4) is 0 Å². The molecule has 0 fully saturated rings. The van der Waals surface area contributed by atoms with E-state index in [1.165, 1.54) is 12.1 Å². The third-order valence-electron chi connectivity index (χ3n) is 5.42. The van der Waals surface area contributed by atoms with E-state index in [4.69, 9.17) is 10.5 Å². The second-order valence-electron chi connectivity index (χ2n) is 8.96. The number of phenols is 1. The number of carbonyl (C=O) groups is 2. The summed E-state index contributed by atoms with van der Waals surface area (Å²) in [5, 5.41) is 15.3. The predicted octanol–water partition coefficient (Wildman–Crippen LogP) is 4.01. The fourth-order valence-corrected chi connectivity index (χ4v) is 3.61. The third kappa shape index (κ3) is 8.46. The van der Waals surface area contributed by atoms with Gasteiger partial charge in [0.05, 0.1) is 6.04 Å². The maximum absolute atomic E-state index is 13.1. The number of hydrogen-bond donors (Lipinski definition) is 4. The van der Waals surface area contributed by atoms with E-state index in [1.54, 1.807) is 12.1 Å². The van der Waals surface area contributed by atoms with Crippen LogP contribution in [0.15, 0.2) is 78.9 Å². The molecule has 5 N–H and O–H groups in total. The molecular formula is C28H33N3O4. The van der Waals surface area contributed by atoms with Gasteiger partial charge in [-0.05, 0) is 47.7 Å². The molecule has 0 aliphatic carbocycles. The normalized spacial score (nSPS) is 12.6. The number of ether oxygens (including phenoxy) is 1. The zero-order chi connectivity index (χ0) is 25.2. The number of carbonyl (C=O) groups excluding carboxylic acids is 2. The van der Waals surface area contributed by atoms with Crippen LogP contribution in [0, 0.1) is 5.92 Å². The Morgan fingerprint density at radius 3 is 2.29 bits per heavy atom. The van der Waals surface area contributed by atoms with Gasteiger partial charge in [0, 0.05) is 18.2 Å². The molecule has 7 nitrogen and oxygen atoms in total. The Hall–Kier alpha value is -3.84. The van der Waals surface area contributed by atoms with Crippen LogP contribution in [0.2, 0.25) is 0 Å². The summed E-state index contributed by atoms with van der Waals surface area (Å²) >= 11 is 0. The molecule has 0 spiro atoms. The van der Waals surface area contributed by atoms with E-state index in [0.717, 1.165) is 11.1 Å². The highest BCUT2D eigenvalue weighted by molar-refractivity contribution is 5.98. The molecule has 2 amide bonds. The number of nitrogens with one attached hydrogen (secondary N) is 2. The number of anilines is 1. The number of phenolic OH excluding ortho intramolecular Hbond substituents is 1. The van der Waals surface area contributed by atoms with E-state index < -0.39 is 18.0 Å². The maximum Gasteiger partial charge on any atom is 0.247 e. The Morgan fingerprint density at radius 2 is 1.63 bits per heavy atom. The number of aromatic hydroxyl groups is 1. The zero-order valence-corrected chi connectivity index (χ0v) is 20.1. The lowest BCUT2D eigenvalue weighted by molar-refractivity contribution is -0.127. The number of rotatable bonds is 11. The molecule has 0 saturated heterocycles. The number of nitrogens with two attached hydrogens (primary N) is 1. The molecule has 7 heteroatoms. The van der Waals surface area contributed by atoms with E-state index in [9.17, 15) is 14.7 Å². The monoisotopic (exact) mass is 475 g/mol. The fraction of sp³-hybridized carbons (Fsp3) is 0.286. The molecule has 3 rings (SSSR count). The maximum atomic E-state index is 13.1. The Balaban J connectivity index is 1.68. The first kappa shape index (κ1) is 25.8. The lowest BCUT2D eigenvalue weighted by Gasteiger charge is -2.22. The summed E-state index contributed by atoms with van der Waals surface area (Å²) in [6.45, 7) is 4.43. The highest BCUT2D eigenvalue weighted by Crippen LogP contribution is 2.18. The Labute approximate surface area is 206 Å². The van der Waals surface area contributed by atoms with Gasteiger partial charge in [-0.3, -0.25) is 9.59 Å². The molecule has 0 heterocycles. The van der Waals surface area contributed by atoms with E-state index in [0.29, 0.717) is 24.5 Å². The van der Waals surface area contributed by atoms with Gasteiger partial charge in [0.1, 0.15) is 24.1 Å². The van der Waals surface area contributed by atoms with Gasteiger partial charge in [0.2, 0.25) is 11.8 Å². The lowest BCUT2D eigenvalue weighted by Crippen LogP contribution is -2.51. The van der Waals surface area contributed by atoms with E-state index in [1.807, 2.05) is 68.4 Å². The summed E-state index contributed by atoms with van der Waals surface area (Å²) in [5.74, 6) is 0.219. The van der Waals surface area contributed by atoms with Crippen molar-refractivity contribution in [3.63, 3.8) is 0 Å². The molecule has 3 aromatic carbocycles. The molecule has 0 aromatic heterocycles. The summed E-state index contributed by atoms with van der Waals surface area (Å²) in [6.07, 6.45) is 0.782. The number of amides is 2. The molecular weight excluding hydrogens is 442 g/mol. The van der Waals surface area contributed by atoms with Gasteiger partial charge in [-0.2, -0.15) is 0 Å². The van der Waals surface area contributed by atoms with Crippen LogP contribution in [0.1, 0.15) is 31.4 Å². The van der Waals surface area contributed by atoms with Crippen LogP contribution in [0.25, 0.3) is 0 Å². The quantitative estimate of drug-likeness (QED) is 0.335.